The Morgan fingerprint density at radius 1 is 0.939 bits per heavy atom. The summed E-state index contributed by atoms with van der Waals surface area (Å²) >= 11 is 0. The number of amides is 2. The molecule has 1 aromatic heterocycles. The molecule has 0 unspecified atom stereocenters. The van der Waals surface area contributed by atoms with E-state index >= 15 is 0 Å². The van der Waals surface area contributed by atoms with Gasteiger partial charge in [-0.1, -0.05) is 54.6 Å². The largest absolute Gasteiger partial charge is 0.348 e. The van der Waals surface area contributed by atoms with Crippen molar-refractivity contribution in [3.05, 3.63) is 100 Å². The van der Waals surface area contributed by atoms with Crippen LogP contribution in [0.2, 0.25) is 0 Å². The number of pyridine rings is 1. The summed E-state index contributed by atoms with van der Waals surface area (Å²) in [6.07, 6.45) is 2.06. The minimum absolute atomic E-state index is 0.0941. The normalized spacial score (nSPS) is 14.2. The monoisotopic (exact) mass is 441 g/mol. The number of piperidine rings is 1. The van der Waals surface area contributed by atoms with Crippen LogP contribution in [0.1, 0.15) is 57.2 Å². The van der Waals surface area contributed by atoms with E-state index in [9.17, 15) is 9.59 Å². The molecule has 1 aliphatic rings. The quantitative estimate of drug-likeness (QED) is 0.609. The smallest absolute Gasteiger partial charge is 0.253 e. The molecule has 2 heterocycles. The molecule has 0 spiro atoms. The highest BCUT2D eigenvalue weighted by Gasteiger charge is 2.28. The Balaban J connectivity index is 1.41. The lowest BCUT2D eigenvalue weighted by molar-refractivity contribution is -0.131. The highest BCUT2D eigenvalue weighted by atomic mass is 16.2. The van der Waals surface area contributed by atoms with Crippen LogP contribution in [0.3, 0.4) is 0 Å². The van der Waals surface area contributed by atoms with Crippen molar-refractivity contribution >= 4 is 11.8 Å². The first kappa shape index (κ1) is 22.7. The number of hydrogen-bond donors (Lipinski definition) is 1. The fraction of sp³-hybridized carbons (Fsp3) is 0.321. The van der Waals surface area contributed by atoms with Crippen LogP contribution in [0.4, 0.5) is 0 Å². The van der Waals surface area contributed by atoms with Crippen LogP contribution in [0, 0.1) is 13.8 Å². The molecule has 3 aromatic rings. The van der Waals surface area contributed by atoms with Crippen molar-refractivity contribution in [3.8, 4) is 0 Å². The molecule has 0 bridgehead atoms. The second kappa shape index (κ2) is 10.4. The molecule has 5 nitrogen and oxygen atoms in total. The zero-order chi connectivity index (χ0) is 23.2. The summed E-state index contributed by atoms with van der Waals surface area (Å²) in [6, 6.07) is 21.7. The van der Waals surface area contributed by atoms with Crippen molar-refractivity contribution in [2.75, 3.05) is 13.1 Å². The lowest BCUT2D eigenvalue weighted by Gasteiger charge is -2.32. The van der Waals surface area contributed by atoms with Gasteiger partial charge in [-0.2, -0.15) is 0 Å². The predicted molar refractivity (Wildman–Crippen MR) is 130 cm³/mol. The van der Waals surface area contributed by atoms with Crippen molar-refractivity contribution in [2.24, 2.45) is 0 Å². The van der Waals surface area contributed by atoms with Crippen LogP contribution in [-0.2, 0) is 17.8 Å². The second-order valence-electron chi connectivity index (χ2n) is 8.81. The number of aryl methyl sites for hydroxylation is 2. The molecule has 170 valence electrons. The van der Waals surface area contributed by atoms with Gasteiger partial charge in [-0.05, 0) is 55.5 Å². The summed E-state index contributed by atoms with van der Waals surface area (Å²) in [5.74, 6) is 0.237. The molecule has 5 heteroatoms. The lowest BCUT2D eigenvalue weighted by Crippen LogP contribution is -2.39. The van der Waals surface area contributed by atoms with Gasteiger partial charge < -0.3 is 10.2 Å². The standard InChI is InChI=1S/C28H31N3O2/c1-20-8-6-7-11-24(20)19-29-28(33)25-13-12-21(2)30-27(25)23-14-16-31(17-15-23)26(32)18-22-9-4-3-5-10-22/h3-13,23H,14-19H2,1-2H3,(H,29,33). The molecule has 2 aromatic carbocycles. The highest BCUT2D eigenvalue weighted by Crippen LogP contribution is 2.30. The van der Waals surface area contributed by atoms with Crippen molar-refractivity contribution in [2.45, 2.75) is 45.6 Å². The van der Waals surface area contributed by atoms with Crippen LogP contribution in [0.25, 0.3) is 0 Å². The van der Waals surface area contributed by atoms with Gasteiger partial charge in [0.2, 0.25) is 5.91 Å². The third-order valence-electron chi connectivity index (χ3n) is 6.44. The number of benzene rings is 2. The molecule has 1 saturated heterocycles. The van der Waals surface area contributed by atoms with Gasteiger partial charge in [0.15, 0.2) is 0 Å². The van der Waals surface area contributed by atoms with Gasteiger partial charge in [-0.25, -0.2) is 0 Å². The third kappa shape index (κ3) is 5.67. The summed E-state index contributed by atoms with van der Waals surface area (Å²) in [6.45, 7) is 5.88. The number of nitrogens with zero attached hydrogens (tertiary/aromatic N) is 2. The van der Waals surface area contributed by atoms with E-state index in [0.29, 0.717) is 31.6 Å². The van der Waals surface area contributed by atoms with Crippen LogP contribution >= 0.6 is 0 Å². The predicted octanol–water partition coefficient (Wildman–Crippen LogP) is 4.58. The van der Waals surface area contributed by atoms with Gasteiger partial charge in [0.1, 0.15) is 0 Å². The number of carbonyl (C=O) groups excluding carboxylic acids is 2. The summed E-state index contributed by atoms with van der Waals surface area (Å²) in [5.41, 5.74) is 5.71. The van der Waals surface area contributed by atoms with E-state index in [2.05, 4.69) is 5.32 Å². The Kier molecular flexibility index (Phi) is 7.18. The van der Waals surface area contributed by atoms with E-state index in [1.165, 1.54) is 0 Å². The SMILES string of the molecule is Cc1ccc(C(=O)NCc2ccccc2C)c(C2CCN(C(=O)Cc3ccccc3)CC2)n1. The van der Waals surface area contributed by atoms with Crippen molar-refractivity contribution in [1.82, 2.24) is 15.2 Å². The van der Waals surface area contributed by atoms with Crippen LogP contribution in [0.15, 0.2) is 66.7 Å². The molecular formula is C28H31N3O2. The number of hydrogen-bond acceptors (Lipinski definition) is 3. The van der Waals surface area contributed by atoms with Crippen LogP contribution < -0.4 is 5.32 Å². The van der Waals surface area contributed by atoms with E-state index < -0.39 is 0 Å². The first-order valence-electron chi connectivity index (χ1n) is 11.6. The molecule has 4 rings (SSSR count). The molecule has 33 heavy (non-hydrogen) atoms. The maximum Gasteiger partial charge on any atom is 0.253 e. The zero-order valence-corrected chi connectivity index (χ0v) is 19.4. The van der Waals surface area contributed by atoms with E-state index in [1.54, 1.807) is 0 Å². The highest BCUT2D eigenvalue weighted by molar-refractivity contribution is 5.95. The van der Waals surface area contributed by atoms with Crippen molar-refractivity contribution < 1.29 is 9.59 Å². The van der Waals surface area contributed by atoms with E-state index in [4.69, 9.17) is 4.98 Å². The number of likely N-dealkylation sites (tertiary alicyclic amines) is 1. The van der Waals surface area contributed by atoms with E-state index in [-0.39, 0.29) is 17.7 Å². The average molecular weight is 442 g/mol. The average Bonchev–Trinajstić information content (AvgIpc) is 2.84. The van der Waals surface area contributed by atoms with Gasteiger partial charge in [0.05, 0.1) is 17.7 Å². The zero-order valence-electron chi connectivity index (χ0n) is 19.4. The Morgan fingerprint density at radius 3 is 2.36 bits per heavy atom. The topological polar surface area (TPSA) is 62.3 Å². The third-order valence-corrected chi connectivity index (χ3v) is 6.44. The van der Waals surface area contributed by atoms with Crippen molar-refractivity contribution in [1.29, 1.82) is 0 Å². The Morgan fingerprint density at radius 2 is 1.64 bits per heavy atom. The second-order valence-corrected chi connectivity index (χ2v) is 8.81. The Hall–Kier alpha value is -3.47. The summed E-state index contributed by atoms with van der Waals surface area (Å²) in [4.78, 5) is 32.5. The summed E-state index contributed by atoms with van der Waals surface area (Å²) in [7, 11) is 0. The fourth-order valence-electron chi connectivity index (χ4n) is 4.44. The number of aromatic nitrogens is 1. The van der Waals surface area contributed by atoms with Gasteiger partial charge in [0, 0.05) is 31.2 Å². The van der Waals surface area contributed by atoms with Crippen molar-refractivity contribution in [3.63, 3.8) is 0 Å². The van der Waals surface area contributed by atoms with Crippen LogP contribution in [0.5, 0.6) is 0 Å². The fourth-order valence-corrected chi connectivity index (χ4v) is 4.44. The molecule has 1 fully saturated rings. The molecule has 1 N–H and O–H groups in total. The minimum Gasteiger partial charge on any atom is -0.348 e. The van der Waals surface area contributed by atoms with E-state index in [0.717, 1.165) is 40.9 Å². The summed E-state index contributed by atoms with van der Waals surface area (Å²) in [5, 5.41) is 3.07. The maximum atomic E-state index is 13.1. The first-order valence-corrected chi connectivity index (χ1v) is 11.6. The molecule has 2 amide bonds. The molecule has 0 radical (unpaired) electrons. The van der Waals surface area contributed by atoms with Gasteiger partial charge in [0.25, 0.3) is 5.91 Å². The van der Waals surface area contributed by atoms with Gasteiger partial charge in [-0.3, -0.25) is 14.6 Å². The van der Waals surface area contributed by atoms with E-state index in [1.807, 2.05) is 85.5 Å². The molecule has 1 aliphatic heterocycles. The Labute approximate surface area is 195 Å². The summed E-state index contributed by atoms with van der Waals surface area (Å²) < 4.78 is 0. The number of carbonyl (C=O) groups is 2. The number of nitrogens with one attached hydrogen (secondary N) is 1. The molecule has 0 aliphatic carbocycles. The minimum atomic E-state index is -0.0941. The molecular weight excluding hydrogens is 410 g/mol. The number of rotatable bonds is 6. The first-order chi connectivity index (χ1) is 16.0. The molecule has 0 saturated carbocycles. The van der Waals surface area contributed by atoms with Crippen LogP contribution in [-0.4, -0.2) is 34.8 Å². The molecule has 0 atom stereocenters. The lowest BCUT2D eigenvalue weighted by atomic mass is 9.89. The maximum absolute atomic E-state index is 13.1. The Bertz CT molecular complexity index is 1120. The van der Waals surface area contributed by atoms with Gasteiger partial charge in [-0.15, -0.1) is 0 Å². The van der Waals surface area contributed by atoms with Gasteiger partial charge >= 0.3 is 0 Å².